The number of nitrogens with zero attached hydrogens (tertiary/aromatic N) is 1. The fourth-order valence-electron chi connectivity index (χ4n) is 3.64. The summed E-state index contributed by atoms with van der Waals surface area (Å²) >= 11 is 0. The fraction of sp³-hybridized carbons (Fsp3) is 0.154. The standard InChI is InChI=1S/C26H23FN2O3/c1-16-4-5-17(2)22(14-16)28-24-23(19-8-10-20(27)11-9-19)25(30)29(26(24)31)15-18-6-12-21(32-3)13-7-18/h4-14,28H,15H2,1-3H3. The van der Waals surface area contributed by atoms with E-state index in [1.807, 2.05) is 44.2 Å². The van der Waals surface area contributed by atoms with Crippen molar-refractivity contribution in [2.45, 2.75) is 20.4 Å². The van der Waals surface area contributed by atoms with Crippen molar-refractivity contribution in [3.05, 3.63) is 100 Å². The first-order valence-corrected chi connectivity index (χ1v) is 10.2. The first-order chi connectivity index (χ1) is 15.4. The molecule has 2 amide bonds. The van der Waals surface area contributed by atoms with E-state index in [9.17, 15) is 14.0 Å². The van der Waals surface area contributed by atoms with Crippen LogP contribution in [0.3, 0.4) is 0 Å². The van der Waals surface area contributed by atoms with Gasteiger partial charge in [0.05, 0.1) is 19.2 Å². The average molecular weight is 430 g/mol. The van der Waals surface area contributed by atoms with Gasteiger partial charge in [-0.25, -0.2) is 4.39 Å². The number of carbonyl (C=O) groups excluding carboxylic acids is 2. The number of nitrogens with one attached hydrogen (secondary N) is 1. The monoisotopic (exact) mass is 430 g/mol. The highest BCUT2D eigenvalue weighted by atomic mass is 19.1. The van der Waals surface area contributed by atoms with Crippen molar-refractivity contribution in [2.24, 2.45) is 0 Å². The fourth-order valence-corrected chi connectivity index (χ4v) is 3.64. The second kappa shape index (κ2) is 8.67. The highest BCUT2D eigenvalue weighted by Crippen LogP contribution is 2.32. The lowest BCUT2D eigenvalue weighted by Gasteiger charge is -2.16. The van der Waals surface area contributed by atoms with E-state index >= 15 is 0 Å². The Morgan fingerprint density at radius 1 is 0.906 bits per heavy atom. The van der Waals surface area contributed by atoms with E-state index in [1.165, 1.54) is 29.2 Å². The third kappa shape index (κ3) is 4.12. The van der Waals surface area contributed by atoms with Crippen LogP contribution < -0.4 is 10.1 Å². The van der Waals surface area contributed by atoms with E-state index in [1.54, 1.807) is 19.2 Å². The number of methoxy groups -OCH3 is 1. The van der Waals surface area contributed by atoms with E-state index in [0.29, 0.717) is 11.3 Å². The molecule has 0 radical (unpaired) electrons. The van der Waals surface area contributed by atoms with Crippen LogP contribution in [0.4, 0.5) is 10.1 Å². The number of ether oxygens (including phenoxy) is 1. The number of rotatable bonds is 6. The van der Waals surface area contributed by atoms with E-state index < -0.39 is 17.6 Å². The summed E-state index contributed by atoms with van der Waals surface area (Å²) in [7, 11) is 1.58. The van der Waals surface area contributed by atoms with E-state index in [0.717, 1.165) is 22.4 Å². The molecule has 0 aromatic heterocycles. The molecule has 0 unspecified atom stereocenters. The Balaban J connectivity index is 1.73. The van der Waals surface area contributed by atoms with Crippen LogP contribution in [0.1, 0.15) is 22.3 Å². The molecule has 3 aromatic carbocycles. The van der Waals surface area contributed by atoms with Crippen LogP contribution in [0, 0.1) is 19.7 Å². The molecule has 1 aliphatic heterocycles. The second-order valence-corrected chi connectivity index (χ2v) is 7.74. The molecule has 3 aromatic rings. The molecule has 0 spiro atoms. The SMILES string of the molecule is COc1ccc(CN2C(=O)C(Nc3cc(C)ccc3C)=C(c3ccc(F)cc3)C2=O)cc1. The summed E-state index contributed by atoms with van der Waals surface area (Å²) in [4.78, 5) is 28.0. The number of halogens is 1. The van der Waals surface area contributed by atoms with Gasteiger partial charge < -0.3 is 10.1 Å². The lowest BCUT2D eigenvalue weighted by molar-refractivity contribution is -0.137. The minimum atomic E-state index is -0.426. The van der Waals surface area contributed by atoms with Crippen molar-refractivity contribution in [1.29, 1.82) is 0 Å². The number of aryl methyl sites for hydroxylation is 2. The van der Waals surface area contributed by atoms with Crippen LogP contribution in [0.15, 0.2) is 72.4 Å². The minimum Gasteiger partial charge on any atom is -0.497 e. The van der Waals surface area contributed by atoms with Crippen LogP contribution >= 0.6 is 0 Å². The van der Waals surface area contributed by atoms with Gasteiger partial charge in [0.25, 0.3) is 11.8 Å². The lowest BCUT2D eigenvalue weighted by Crippen LogP contribution is -2.32. The van der Waals surface area contributed by atoms with Crippen molar-refractivity contribution >= 4 is 23.1 Å². The van der Waals surface area contributed by atoms with Gasteiger partial charge in [0.15, 0.2) is 0 Å². The van der Waals surface area contributed by atoms with Crippen molar-refractivity contribution < 1.29 is 18.7 Å². The number of benzene rings is 3. The van der Waals surface area contributed by atoms with Crippen molar-refractivity contribution in [2.75, 3.05) is 12.4 Å². The molecule has 0 atom stereocenters. The molecule has 4 rings (SSSR count). The van der Waals surface area contributed by atoms with Gasteiger partial charge >= 0.3 is 0 Å². The summed E-state index contributed by atoms with van der Waals surface area (Å²) < 4.78 is 18.7. The maximum Gasteiger partial charge on any atom is 0.278 e. The topological polar surface area (TPSA) is 58.6 Å². The predicted molar refractivity (Wildman–Crippen MR) is 121 cm³/mol. The number of anilines is 1. The summed E-state index contributed by atoms with van der Waals surface area (Å²) in [5.74, 6) is -0.572. The van der Waals surface area contributed by atoms with Gasteiger partial charge in [0.1, 0.15) is 17.3 Å². The summed E-state index contributed by atoms with van der Waals surface area (Å²) in [6.07, 6.45) is 0. The van der Waals surface area contributed by atoms with Gasteiger partial charge in [-0.1, -0.05) is 36.4 Å². The Morgan fingerprint density at radius 3 is 2.25 bits per heavy atom. The normalized spacial score (nSPS) is 13.7. The van der Waals surface area contributed by atoms with E-state index in [2.05, 4.69) is 5.32 Å². The molecule has 162 valence electrons. The smallest absolute Gasteiger partial charge is 0.278 e. The maximum absolute atomic E-state index is 13.5. The highest BCUT2D eigenvalue weighted by Gasteiger charge is 2.39. The van der Waals surface area contributed by atoms with Crippen LogP contribution in [-0.2, 0) is 16.1 Å². The van der Waals surface area contributed by atoms with E-state index in [4.69, 9.17) is 4.74 Å². The largest absolute Gasteiger partial charge is 0.497 e. The van der Waals surface area contributed by atoms with Crippen LogP contribution in [0.2, 0.25) is 0 Å². The quantitative estimate of drug-likeness (QED) is 0.569. The molecule has 1 aliphatic rings. The Labute approximate surface area is 186 Å². The number of hydrogen-bond acceptors (Lipinski definition) is 4. The number of carbonyl (C=O) groups is 2. The number of hydrogen-bond donors (Lipinski definition) is 1. The first kappa shape index (κ1) is 21.3. The van der Waals surface area contributed by atoms with Crippen molar-refractivity contribution in [3.8, 4) is 5.75 Å². The van der Waals surface area contributed by atoms with Crippen LogP contribution in [0.5, 0.6) is 5.75 Å². The highest BCUT2D eigenvalue weighted by molar-refractivity contribution is 6.36. The molecule has 1 N–H and O–H groups in total. The molecule has 0 saturated heterocycles. The van der Waals surface area contributed by atoms with Gasteiger partial charge in [-0.05, 0) is 66.4 Å². The molecular formula is C26H23FN2O3. The summed E-state index contributed by atoms with van der Waals surface area (Å²) in [6, 6.07) is 18.6. The maximum atomic E-state index is 13.5. The molecular weight excluding hydrogens is 407 g/mol. The Hall–Kier alpha value is -3.93. The third-order valence-corrected chi connectivity index (χ3v) is 5.45. The van der Waals surface area contributed by atoms with Gasteiger partial charge in [0, 0.05) is 5.69 Å². The third-order valence-electron chi connectivity index (χ3n) is 5.45. The summed E-state index contributed by atoms with van der Waals surface area (Å²) in [5, 5.41) is 3.18. The van der Waals surface area contributed by atoms with Crippen molar-refractivity contribution in [3.63, 3.8) is 0 Å². The average Bonchev–Trinajstić information content (AvgIpc) is 3.01. The Morgan fingerprint density at radius 2 is 1.59 bits per heavy atom. The zero-order valence-corrected chi connectivity index (χ0v) is 18.1. The van der Waals surface area contributed by atoms with E-state index in [-0.39, 0.29) is 17.8 Å². The number of amides is 2. The van der Waals surface area contributed by atoms with Crippen LogP contribution in [0.25, 0.3) is 5.57 Å². The summed E-state index contributed by atoms with van der Waals surface area (Å²) in [6.45, 7) is 4.00. The van der Waals surface area contributed by atoms with Gasteiger partial charge in [-0.15, -0.1) is 0 Å². The van der Waals surface area contributed by atoms with Gasteiger partial charge in [-0.2, -0.15) is 0 Å². The Kier molecular flexibility index (Phi) is 5.77. The zero-order valence-electron chi connectivity index (χ0n) is 18.1. The second-order valence-electron chi connectivity index (χ2n) is 7.74. The predicted octanol–water partition coefficient (Wildman–Crippen LogP) is 4.84. The van der Waals surface area contributed by atoms with Gasteiger partial charge in [0.2, 0.25) is 0 Å². The molecule has 0 bridgehead atoms. The molecule has 0 saturated carbocycles. The van der Waals surface area contributed by atoms with Crippen molar-refractivity contribution in [1.82, 2.24) is 4.90 Å². The Bertz CT molecular complexity index is 1210. The zero-order chi connectivity index (χ0) is 22.8. The summed E-state index contributed by atoms with van der Waals surface area (Å²) in [5.41, 5.74) is 4.39. The van der Waals surface area contributed by atoms with Gasteiger partial charge in [-0.3, -0.25) is 14.5 Å². The minimum absolute atomic E-state index is 0.115. The molecule has 0 aliphatic carbocycles. The molecule has 0 fully saturated rings. The number of imide groups is 1. The molecule has 1 heterocycles. The first-order valence-electron chi connectivity index (χ1n) is 10.2. The molecule has 6 heteroatoms. The van der Waals surface area contributed by atoms with Crippen LogP contribution in [-0.4, -0.2) is 23.8 Å². The molecule has 32 heavy (non-hydrogen) atoms. The molecule has 5 nitrogen and oxygen atoms in total. The lowest BCUT2D eigenvalue weighted by atomic mass is 10.0.